The zero-order chi connectivity index (χ0) is 12.3. The lowest BCUT2D eigenvalue weighted by molar-refractivity contribution is -0.132. The van der Waals surface area contributed by atoms with Crippen molar-refractivity contribution in [1.82, 2.24) is 10.2 Å². The summed E-state index contributed by atoms with van der Waals surface area (Å²) in [5.41, 5.74) is 4.76. The van der Waals surface area contributed by atoms with Crippen LogP contribution in [0.5, 0.6) is 0 Å². The lowest BCUT2D eigenvalue weighted by Crippen LogP contribution is -2.45. The molecular formula is C11H21N3O2. The summed E-state index contributed by atoms with van der Waals surface area (Å²) < 4.78 is 0. The second kappa shape index (κ2) is 4.82. The number of nitrogens with zero attached hydrogens (tertiary/aromatic N) is 1. The van der Waals surface area contributed by atoms with Crippen LogP contribution in [0.2, 0.25) is 0 Å². The van der Waals surface area contributed by atoms with E-state index in [1.165, 1.54) is 4.90 Å². The molecule has 1 heterocycles. The van der Waals surface area contributed by atoms with Gasteiger partial charge < -0.3 is 11.1 Å². The molecule has 2 atom stereocenters. The summed E-state index contributed by atoms with van der Waals surface area (Å²) in [7, 11) is 0. The molecule has 1 aliphatic heterocycles. The van der Waals surface area contributed by atoms with E-state index in [2.05, 4.69) is 5.32 Å². The number of carbonyl (C=O) groups is 2. The van der Waals surface area contributed by atoms with E-state index in [0.717, 1.165) is 6.42 Å². The molecule has 1 rings (SSSR count). The Hall–Kier alpha value is -1.10. The maximum absolute atomic E-state index is 12.1. The molecule has 5 nitrogen and oxygen atoms in total. The van der Waals surface area contributed by atoms with E-state index in [1.807, 2.05) is 13.8 Å². The molecule has 0 bridgehead atoms. The maximum atomic E-state index is 12.1. The van der Waals surface area contributed by atoms with Crippen LogP contribution in [0, 0.1) is 0 Å². The average molecular weight is 227 g/mol. The molecule has 0 aromatic heterocycles. The highest BCUT2D eigenvalue weighted by atomic mass is 16.2. The van der Waals surface area contributed by atoms with Crippen molar-refractivity contribution in [1.29, 1.82) is 0 Å². The summed E-state index contributed by atoms with van der Waals surface area (Å²) in [6.07, 6.45) is 2.01. The van der Waals surface area contributed by atoms with Gasteiger partial charge in [-0.15, -0.1) is 0 Å². The van der Waals surface area contributed by atoms with Crippen LogP contribution in [0.4, 0.5) is 4.79 Å². The topological polar surface area (TPSA) is 75.4 Å². The fourth-order valence-electron chi connectivity index (χ4n) is 1.99. The van der Waals surface area contributed by atoms with E-state index in [1.54, 1.807) is 6.92 Å². The maximum Gasteiger partial charge on any atom is 0.325 e. The van der Waals surface area contributed by atoms with Gasteiger partial charge >= 0.3 is 6.03 Å². The molecule has 1 saturated heterocycles. The first-order valence-corrected chi connectivity index (χ1v) is 5.86. The average Bonchev–Trinajstić information content (AvgIpc) is 2.48. The normalized spacial score (nSPS) is 27.1. The minimum atomic E-state index is -0.737. The number of hydrogen-bond donors (Lipinski definition) is 2. The zero-order valence-corrected chi connectivity index (χ0v) is 10.2. The lowest BCUT2D eigenvalue weighted by atomic mass is 9.98. The smallest absolute Gasteiger partial charge is 0.325 e. The highest BCUT2D eigenvalue weighted by molar-refractivity contribution is 6.07. The quantitative estimate of drug-likeness (QED) is 0.683. The number of imide groups is 1. The third kappa shape index (κ3) is 2.04. The number of nitrogens with one attached hydrogen (secondary N) is 1. The summed E-state index contributed by atoms with van der Waals surface area (Å²) in [6, 6.07) is -0.361. The van der Waals surface area contributed by atoms with Gasteiger partial charge in [0.2, 0.25) is 0 Å². The van der Waals surface area contributed by atoms with Gasteiger partial charge in [0, 0.05) is 6.04 Å². The van der Waals surface area contributed by atoms with Gasteiger partial charge in [-0.25, -0.2) is 4.79 Å². The Labute approximate surface area is 96.4 Å². The van der Waals surface area contributed by atoms with E-state index in [-0.39, 0.29) is 18.0 Å². The van der Waals surface area contributed by atoms with Crippen molar-refractivity contribution in [3.8, 4) is 0 Å². The Morgan fingerprint density at radius 1 is 1.44 bits per heavy atom. The molecule has 3 amide bonds. The fourth-order valence-corrected chi connectivity index (χ4v) is 1.99. The summed E-state index contributed by atoms with van der Waals surface area (Å²) in [6.45, 7) is 6.11. The SMILES string of the molecule is CCC(CCN)N1C(=O)NC(C)(CC)C1=O. The Morgan fingerprint density at radius 2 is 2.06 bits per heavy atom. The second-order valence-corrected chi connectivity index (χ2v) is 4.43. The largest absolute Gasteiger partial charge is 0.330 e. The highest BCUT2D eigenvalue weighted by Crippen LogP contribution is 2.24. The molecule has 0 aromatic carbocycles. The molecule has 16 heavy (non-hydrogen) atoms. The van der Waals surface area contributed by atoms with E-state index in [4.69, 9.17) is 5.73 Å². The predicted octanol–water partition coefficient (Wildman–Crippen LogP) is 0.834. The molecule has 0 radical (unpaired) electrons. The van der Waals surface area contributed by atoms with Crippen LogP contribution < -0.4 is 11.1 Å². The molecule has 92 valence electrons. The van der Waals surface area contributed by atoms with Crippen LogP contribution in [0.3, 0.4) is 0 Å². The van der Waals surface area contributed by atoms with Gasteiger partial charge in [-0.3, -0.25) is 9.69 Å². The number of carbonyl (C=O) groups excluding carboxylic acids is 2. The van der Waals surface area contributed by atoms with E-state index in [9.17, 15) is 9.59 Å². The van der Waals surface area contributed by atoms with E-state index in [0.29, 0.717) is 19.4 Å². The summed E-state index contributed by atoms with van der Waals surface area (Å²) in [5, 5.41) is 2.75. The molecule has 0 aromatic rings. The molecule has 1 aliphatic rings. The van der Waals surface area contributed by atoms with Crippen LogP contribution in [0.15, 0.2) is 0 Å². The van der Waals surface area contributed by atoms with Gasteiger partial charge in [0.15, 0.2) is 0 Å². The Kier molecular flexibility index (Phi) is 3.91. The first-order valence-electron chi connectivity index (χ1n) is 5.86. The summed E-state index contributed by atoms with van der Waals surface area (Å²) in [5.74, 6) is -0.125. The molecule has 1 fully saturated rings. The van der Waals surface area contributed by atoms with E-state index >= 15 is 0 Å². The molecule has 5 heteroatoms. The van der Waals surface area contributed by atoms with Gasteiger partial charge in [0.25, 0.3) is 5.91 Å². The number of urea groups is 1. The number of nitrogens with two attached hydrogens (primary N) is 1. The van der Waals surface area contributed by atoms with Crippen molar-refractivity contribution in [2.45, 2.75) is 51.6 Å². The van der Waals surface area contributed by atoms with Crippen molar-refractivity contribution in [3.05, 3.63) is 0 Å². The van der Waals surface area contributed by atoms with E-state index < -0.39 is 5.54 Å². The van der Waals surface area contributed by atoms with Crippen molar-refractivity contribution in [3.63, 3.8) is 0 Å². The van der Waals surface area contributed by atoms with Crippen LogP contribution >= 0.6 is 0 Å². The second-order valence-electron chi connectivity index (χ2n) is 4.43. The van der Waals surface area contributed by atoms with Gasteiger partial charge in [0.05, 0.1) is 0 Å². The minimum Gasteiger partial charge on any atom is -0.330 e. The van der Waals surface area contributed by atoms with Gasteiger partial charge in [-0.05, 0) is 32.7 Å². The predicted molar refractivity (Wildman–Crippen MR) is 61.8 cm³/mol. The molecular weight excluding hydrogens is 206 g/mol. The molecule has 0 saturated carbocycles. The minimum absolute atomic E-state index is 0.0779. The fraction of sp³-hybridized carbons (Fsp3) is 0.818. The number of amides is 3. The van der Waals surface area contributed by atoms with Gasteiger partial charge in [-0.1, -0.05) is 13.8 Å². The van der Waals surface area contributed by atoms with Crippen LogP contribution in [0.25, 0.3) is 0 Å². The first-order chi connectivity index (χ1) is 7.50. The Morgan fingerprint density at radius 3 is 2.44 bits per heavy atom. The third-order valence-corrected chi connectivity index (χ3v) is 3.34. The first kappa shape index (κ1) is 13.0. The standard InChI is InChI=1S/C11H21N3O2/c1-4-8(6-7-12)14-9(15)11(3,5-2)13-10(14)16/h8H,4-7,12H2,1-3H3,(H,13,16). The van der Waals surface area contributed by atoms with Crippen LogP contribution in [0.1, 0.15) is 40.0 Å². The Balaban J connectivity index is 2.89. The van der Waals surface area contributed by atoms with Gasteiger partial charge in [-0.2, -0.15) is 0 Å². The summed E-state index contributed by atoms with van der Waals surface area (Å²) >= 11 is 0. The summed E-state index contributed by atoms with van der Waals surface area (Å²) in [4.78, 5) is 25.3. The zero-order valence-electron chi connectivity index (χ0n) is 10.2. The van der Waals surface area contributed by atoms with Crippen LogP contribution in [-0.4, -0.2) is 35.0 Å². The monoisotopic (exact) mass is 227 g/mol. The molecule has 0 aliphatic carbocycles. The van der Waals surface area contributed by atoms with Crippen molar-refractivity contribution in [2.75, 3.05) is 6.54 Å². The number of rotatable bonds is 5. The molecule has 0 spiro atoms. The van der Waals surface area contributed by atoms with Crippen molar-refractivity contribution >= 4 is 11.9 Å². The lowest BCUT2D eigenvalue weighted by Gasteiger charge is -2.25. The van der Waals surface area contributed by atoms with Gasteiger partial charge in [0.1, 0.15) is 5.54 Å². The number of hydrogen-bond acceptors (Lipinski definition) is 3. The third-order valence-electron chi connectivity index (χ3n) is 3.34. The van der Waals surface area contributed by atoms with Crippen LogP contribution in [-0.2, 0) is 4.79 Å². The molecule has 2 unspecified atom stereocenters. The highest BCUT2D eigenvalue weighted by Gasteiger charge is 2.48. The van der Waals surface area contributed by atoms with Crippen molar-refractivity contribution < 1.29 is 9.59 Å². The van der Waals surface area contributed by atoms with Crippen molar-refractivity contribution in [2.24, 2.45) is 5.73 Å². The molecule has 3 N–H and O–H groups in total. The Bertz CT molecular complexity index is 293.